The molecule has 1 aromatic carbocycles. The van der Waals surface area contributed by atoms with E-state index in [1.807, 2.05) is 6.92 Å². The molecular formula is C15H14N2O4. The van der Waals surface area contributed by atoms with Crippen molar-refractivity contribution in [3.63, 3.8) is 0 Å². The number of nitro groups is 1. The Labute approximate surface area is 121 Å². The van der Waals surface area contributed by atoms with Crippen molar-refractivity contribution < 1.29 is 14.1 Å². The Morgan fingerprint density at radius 3 is 2.67 bits per heavy atom. The average Bonchev–Trinajstić information content (AvgIpc) is 2.84. The second-order valence-corrected chi connectivity index (χ2v) is 4.53. The lowest BCUT2D eigenvalue weighted by Crippen LogP contribution is -2.09. The number of rotatable bonds is 4. The highest BCUT2D eigenvalue weighted by atomic mass is 16.6. The first-order chi connectivity index (χ1) is 9.95. The predicted molar refractivity (Wildman–Crippen MR) is 78.9 cm³/mol. The summed E-state index contributed by atoms with van der Waals surface area (Å²) in [6.07, 6.45) is 2.85. The smallest absolute Gasteiger partial charge is 0.271 e. The highest BCUT2D eigenvalue weighted by Gasteiger charge is 2.09. The normalized spacial score (nSPS) is 10.8. The minimum absolute atomic E-state index is 0.0680. The third kappa shape index (κ3) is 3.79. The van der Waals surface area contributed by atoms with Gasteiger partial charge in [0, 0.05) is 18.2 Å². The number of carbonyl (C=O) groups excluding carboxylic acids is 1. The summed E-state index contributed by atoms with van der Waals surface area (Å²) in [6.45, 7) is 3.57. The topological polar surface area (TPSA) is 85.4 Å². The lowest BCUT2D eigenvalue weighted by molar-refractivity contribution is -0.384. The van der Waals surface area contributed by atoms with E-state index in [1.165, 1.54) is 24.3 Å². The second kappa shape index (κ2) is 6.04. The van der Waals surface area contributed by atoms with Gasteiger partial charge in [0.15, 0.2) is 0 Å². The number of hydrogen-bond donors (Lipinski definition) is 1. The first-order valence-electron chi connectivity index (χ1n) is 6.26. The number of anilines is 1. The third-order valence-corrected chi connectivity index (χ3v) is 2.85. The van der Waals surface area contributed by atoms with Gasteiger partial charge >= 0.3 is 0 Å². The molecule has 0 fully saturated rings. The minimum atomic E-state index is -0.503. The van der Waals surface area contributed by atoms with Crippen molar-refractivity contribution in [2.24, 2.45) is 0 Å². The summed E-state index contributed by atoms with van der Waals surface area (Å²) in [6, 6.07) is 7.86. The molecule has 0 bridgehead atoms. The number of non-ortho nitro benzene ring substituents is 1. The molecule has 0 aliphatic rings. The van der Waals surface area contributed by atoms with Gasteiger partial charge in [0.1, 0.15) is 11.5 Å². The first-order valence-corrected chi connectivity index (χ1v) is 6.26. The molecule has 0 atom stereocenters. The molecule has 0 aliphatic heterocycles. The van der Waals surface area contributed by atoms with Crippen molar-refractivity contribution in [2.45, 2.75) is 13.8 Å². The third-order valence-electron chi connectivity index (χ3n) is 2.85. The number of furan rings is 1. The fourth-order valence-electron chi connectivity index (χ4n) is 1.73. The summed E-state index contributed by atoms with van der Waals surface area (Å²) in [5.41, 5.74) is 1.09. The maximum atomic E-state index is 11.8. The molecule has 6 nitrogen and oxygen atoms in total. The Kier molecular flexibility index (Phi) is 4.18. The first kappa shape index (κ1) is 14.5. The van der Waals surface area contributed by atoms with Crippen LogP contribution in [0.2, 0.25) is 0 Å². The van der Waals surface area contributed by atoms with Gasteiger partial charge in [-0.1, -0.05) is 6.07 Å². The van der Waals surface area contributed by atoms with Gasteiger partial charge in [0.25, 0.3) is 5.69 Å². The van der Waals surface area contributed by atoms with Crippen LogP contribution < -0.4 is 5.32 Å². The largest absolute Gasteiger partial charge is 0.462 e. The van der Waals surface area contributed by atoms with E-state index in [0.717, 1.165) is 11.3 Å². The number of amides is 1. The van der Waals surface area contributed by atoms with Crippen LogP contribution in [-0.4, -0.2) is 10.8 Å². The van der Waals surface area contributed by atoms with Crippen molar-refractivity contribution in [3.8, 4) is 0 Å². The Bertz CT molecular complexity index is 716. The summed E-state index contributed by atoms with van der Waals surface area (Å²) in [4.78, 5) is 22.0. The summed E-state index contributed by atoms with van der Waals surface area (Å²) >= 11 is 0. The van der Waals surface area contributed by atoms with Crippen LogP contribution in [-0.2, 0) is 4.79 Å². The summed E-state index contributed by atoms with van der Waals surface area (Å²) in [5, 5.41) is 13.3. The zero-order valence-corrected chi connectivity index (χ0v) is 11.6. The van der Waals surface area contributed by atoms with E-state index in [-0.39, 0.29) is 11.6 Å². The summed E-state index contributed by atoms with van der Waals surface area (Å²) in [7, 11) is 0. The molecule has 0 saturated heterocycles. The number of benzene rings is 1. The van der Waals surface area contributed by atoms with Gasteiger partial charge in [-0.3, -0.25) is 14.9 Å². The number of nitro benzene ring substituents is 1. The molecule has 1 N–H and O–H groups in total. The SMILES string of the molecule is Cc1ccc(/C=C/C(=O)Nc2cc([N+](=O)[O-])ccc2C)o1. The molecule has 0 aliphatic carbocycles. The molecule has 0 spiro atoms. The van der Waals surface area contributed by atoms with Crippen molar-refractivity contribution in [1.82, 2.24) is 0 Å². The second-order valence-electron chi connectivity index (χ2n) is 4.53. The van der Waals surface area contributed by atoms with E-state index < -0.39 is 4.92 Å². The summed E-state index contributed by atoms with van der Waals surface area (Å²) in [5.74, 6) is 0.940. The maximum Gasteiger partial charge on any atom is 0.271 e. The Hall–Kier alpha value is -2.89. The molecule has 2 aromatic rings. The van der Waals surface area contributed by atoms with E-state index in [4.69, 9.17) is 4.42 Å². The van der Waals surface area contributed by atoms with Gasteiger partial charge < -0.3 is 9.73 Å². The maximum absolute atomic E-state index is 11.8. The van der Waals surface area contributed by atoms with Crippen LogP contribution in [0.1, 0.15) is 17.1 Å². The lowest BCUT2D eigenvalue weighted by Gasteiger charge is -2.05. The van der Waals surface area contributed by atoms with Crippen LogP contribution in [0.3, 0.4) is 0 Å². The molecule has 0 radical (unpaired) electrons. The van der Waals surface area contributed by atoms with Crippen LogP contribution in [0.15, 0.2) is 40.8 Å². The molecule has 6 heteroatoms. The Morgan fingerprint density at radius 1 is 1.29 bits per heavy atom. The number of carbonyl (C=O) groups is 1. The number of hydrogen-bond acceptors (Lipinski definition) is 4. The van der Waals surface area contributed by atoms with Crippen molar-refractivity contribution in [3.05, 3.63) is 63.6 Å². The molecule has 108 valence electrons. The zero-order chi connectivity index (χ0) is 15.4. The highest BCUT2D eigenvalue weighted by molar-refractivity contribution is 6.02. The van der Waals surface area contributed by atoms with Crippen molar-refractivity contribution in [2.75, 3.05) is 5.32 Å². The quantitative estimate of drug-likeness (QED) is 0.530. The molecule has 1 aromatic heterocycles. The van der Waals surface area contributed by atoms with Crippen LogP contribution >= 0.6 is 0 Å². The van der Waals surface area contributed by atoms with E-state index in [0.29, 0.717) is 11.4 Å². The predicted octanol–water partition coefficient (Wildman–Crippen LogP) is 3.46. The molecule has 2 rings (SSSR count). The minimum Gasteiger partial charge on any atom is -0.462 e. The van der Waals surface area contributed by atoms with Crippen LogP contribution in [0, 0.1) is 24.0 Å². The van der Waals surface area contributed by atoms with Crippen LogP contribution in [0.25, 0.3) is 6.08 Å². The summed E-state index contributed by atoms with van der Waals surface area (Å²) < 4.78 is 5.30. The van der Waals surface area contributed by atoms with E-state index >= 15 is 0 Å². The van der Waals surface area contributed by atoms with Crippen LogP contribution in [0.5, 0.6) is 0 Å². The lowest BCUT2D eigenvalue weighted by atomic mass is 10.2. The molecule has 0 unspecified atom stereocenters. The number of nitrogens with zero attached hydrogens (tertiary/aromatic N) is 1. The molecular weight excluding hydrogens is 272 g/mol. The van der Waals surface area contributed by atoms with E-state index in [9.17, 15) is 14.9 Å². The van der Waals surface area contributed by atoms with Gasteiger partial charge in [-0.15, -0.1) is 0 Å². The molecule has 0 saturated carbocycles. The van der Waals surface area contributed by atoms with Gasteiger partial charge in [-0.25, -0.2) is 0 Å². The van der Waals surface area contributed by atoms with Crippen molar-refractivity contribution in [1.29, 1.82) is 0 Å². The standard InChI is InChI=1S/C15H14N2O4/c1-10-3-5-12(17(19)20)9-14(10)16-15(18)8-7-13-6-4-11(2)21-13/h3-9H,1-2H3,(H,16,18)/b8-7+. The molecule has 1 heterocycles. The highest BCUT2D eigenvalue weighted by Crippen LogP contribution is 2.21. The fourth-order valence-corrected chi connectivity index (χ4v) is 1.73. The van der Waals surface area contributed by atoms with Gasteiger partial charge in [-0.2, -0.15) is 0 Å². The number of nitrogens with one attached hydrogen (secondary N) is 1. The fraction of sp³-hybridized carbons (Fsp3) is 0.133. The molecule has 21 heavy (non-hydrogen) atoms. The number of aryl methyl sites for hydroxylation is 2. The van der Waals surface area contributed by atoms with Gasteiger partial charge in [0.05, 0.1) is 10.6 Å². The van der Waals surface area contributed by atoms with E-state index in [2.05, 4.69) is 5.32 Å². The Balaban J connectivity index is 2.10. The average molecular weight is 286 g/mol. The van der Waals surface area contributed by atoms with Crippen molar-refractivity contribution >= 4 is 23.4 Å². The van der Waals surface area contributed by atoms with E-state index in [1.54, 1.807) is 25.1 Å². The van der Waals surface area contributed by atoms with Gasteiger partial charge in [0.2, 0.25) is 5.91 Å². The zero-order valence-electron chi connectivity index (χ0n) is 11.6. The monoisotopic (exact) mass is 286 g/mol. The Morgan fingerprint density at radius 2 is 2.05 bits per heavy atom. The van der Waals surface area contributed by atoms with Crippen LogP contribution in [0.4, 0.5) is 11.4 Å². The van der Waals surface area contributed by atoms with Gasteiger partial charge in [-0.05, 0) is 37.6 Å². The molecule has 1 amide bonds.